The maximum Gasteiger partial charge on any atom is 0.371 e. The first kappa shape index (κ1) is 19.3. The van der Waals surface area contributed by atoms with E-state index in [0.717, 1.165) is 11.3 Å². The summed E-state index contributed by atoms with van der Waals surface area (Å²) >= 11 is 12.5. The van der Waals surface area contributed by atoms with Gasteiger partial charge in [-0.15, -0.1) is 11.3 Å². The molecule has 2 rings (SSSR count). The summed E-state index contributed by atoms with van der Waals surface area (Å²) < 4.78 is 27.1. The molecule has 3 N–H and O–H groups in total. The Morgan fingerprint density at radius 3 is 2.40 bits per heavy atom. The Kier molecular flexibility index (Phi) is 5.73. The van der Waals surface area contributed by atoms with E-state index in [1.54, 1.807) is 0 Å². The number of allylic oxidation sites excluding steroid dienone is 1. The fraction of sp³-hybridized carbons (Fsp3) is 0. The van der Waals surface area contributed by atoms with E-state index in [4.69, 9.17) is 33.4 Å². The predicted molar refractivity (Wildman–Crippen MR) is 94.3 cm³/mol. The Morgan fingerprint density at radius 1 is 1.16 bits per heavy atom. The number of aliphatic carboxylic acids is 1. The Morgan fingerprint density at radius 2 is 1.84 bits per heavy atom. The van der Waals surface area contributed by atoms with Crippen molar-refractivity contribution < 1.29 is 28.2 Å². The molecule has 25 heavy (non-hydrogen) atoms. The second-order valence-corrected chi connectivity index (χ2v) is 8.51. The number of hydrogen-bond donors (Lipinski definition) is 3. The average molecular weight is 422 g/mol. The van der Waals surface area contributed by atoms with E-state index in [2.05, 4.69) is 4.72 Å². The Hall–Kier alpha value is -2.07. The van der Waals surface area contributed by atoms with Gasteiger partial charge in [-0.25, -0.2) is 13.2 Å². The van der Waals surface area contributed by atoms with Crippen molar-refractivity contribution in [2.24, 2.45) is 0 Å². The van der Waals surface area contributed by atoms with Crippen LogP contribution in [0, 0.1) is 0 Å². The van der Waals surface area contributed by atoms with Gasteiger partial charge < -0.3 is 10.2 Å². The monoisotopic (exact) mass is 421 g/mol. The minimum Gasteiger partial charge on any atom is -0.502 e. The van der Waals surface area contributed by atoms with Gasteiger partial charge in [-0.3, -0.25) is 9.52 Å². The number of carbonyl (C=O) groups is 2. The fourth-order valence-electron chi connectivity index (χ4n) is 1.72. The van der Waals surface area contributed by atoms with Crippen LogP contribution in [-0.2, 0) is 14.8 Å². The first-order valence-electron chi connectivity index (χ1n) is 6.36. The smallest absolute Gasteiger partial charge is 0.371 e. The number of anilines is 1. The quantitative estimate of drug-likeness (QED) is 0.372. The molecule has 0 radical (unpaired) electrons. The minimum atomic E-state index is -4.03. The SMILES string of the molecule is O=C(O)C(O)=CC(=O)c1cccc(NS(=O)(=O)c2cc(Cl)sc2Cl)c1. The average Bonchev–Trinajstić information content (AvgIpc) is 2.86. The van der Waals surface area contributed by atoms with Crippen LogP contribution in [0.25, 0.3) is 0 Å². The van der Waals surface area contributed by atoms with Gasteiger partial charge in [0.25, 0.3) is 10.0 Å². The standard InChI is InChI=1S/C14H9Cl2NO6S2/c15-12-6-11(13(16)24-12)25(22,23)17-8-3-1-2-7(4-8)9(18)5-10(19)14(20)21/h1-6,17,19H,(H,20,21). The first-order chi connectivity index (χ1) is 11.6. The van der Waals surface area contributed by atoms with Crippen molar-refractivity contribution in [2.75, 3.05) is 4.72 Å². The van der Waals surface area contributed by atoms with Crippen LogP contribution in [0.5, 0.6) is 0 Å². The molecule has 0 aliphatic rings. The second-order valence-electron chi connectivity index (χ2n) is 4.57. The van der Waals surface area contributed by atoms with Crippen molar-refractivity contribution >= 4 is 62.0 Å². The number of carbonyl (C=O) groups excluding carboxylic acids is 1. The molecule has 0 atom stereocenters. The van der Waals surface area contributed by atoms with E-state index in [0.29, 0.717) is 6.08 Å². The van der Waals surface area contributed by atoms with Crippen LogP contribution in [0.4, 0.5) is 5.69 Å². The number of aliphatic hydroxyl groups is 1. The van der Waals surface area contributed by atoms with E-state index in [9.17, 15) is 18.0 Å². The number of hydrogen-bond acceptors (Lipinski definition) is 6. The van der Waals surface area contributed by atoms with Crippen molar-refractivity contribution in [1.29, 1.82) is 0 Å². The molecular formula is C14H9Cl2NO6S2. The first-order valence-corrected chi connectivity index (χ1v) is 9.41. The third-order valence-corrected chi connectivity index (χ3v) is 5.94. The molecule has 1 aromatic heterocycles. The molecule has 1 heterocycles. The topological polar surface area (TPSA) is 121 Å². The van der Waals surface area contributed by atoms with Crippen LogP contribution in [0.15, 0.2) is 47.1 Å². The lowest BCUT2D eigenvalue weighted by molar-refractivity contribution is -0.135. The number of aliphatic hydroxyl groups excluding tert-OH is 1. The zero-order chi connectivity index (χ0) is 18.8. The molecule has 1 aromatic carbocycles. The van der Waals surface area contributed by atoms with Crippen molar-refractivity contribution in [1.82, 2.24) is 0 Å². The lowest BCUT2D eigenvalue weighted by Crippen LogP contribution is -2.13. The molecule has 0 fully saturated rings. The number of carboxylic acids is 1. The number of thiophene rings is 1. The molecule has 0 unspecified atom stereocenters. The number of rotatable bonds is 6. The van der Waals surface area contributed by atoms with Gasteiger partial charge in [-0.05, 0) is 18.2 Å². The highest BCUT2D eigenvalue weighted by Gasteiger charge is 2.21. The van der Waals surface area contributed by atoms with Crippen molar-refractivity contribution in [3.05, 3.63) is 56.4 Å². The summed E-state index contributed by atoms with van der Waals surface area (Å²) in [6.07, 6.45) is 0.519. The van der Waals surface area contributed by atoms with Gasteiger partial charge in [0.1, 0.15) is 9.23 Å². The number of ketones is 1. The molecule has 2 aromatic rings. The lowest BCUT2D eigenvalue weighted by atomic mass is 10.1. The van der Waals surface area contributed by atoms with Crippen LogP contribution in [0.1, 0.15) is 10.4 Å². The van der Waals surface area contributed by atoms with Crippen molar-refractivity contribution in [2.45, 2.75) is 4.90 Å². The van der Waals surface area contributed by atoms with E-state index in [-0.39, 0.29) is 24.8 Å². The summed E-state index contributed by atoms with van der Waals surface area (Å²) in [5, 5.41) is 17.7. The molecule has 0 saturated carbocycles. The largest absolute Gasteiger partial charge is 0.502 e. The summed E-state index contributed by atoms with van der Waals surface area (Å²) in [4.78, 5) is 22.2. The summed E-state index contributed by atoms with van der Waals surface area (Å²) in [7, 11) is -4.03. The summed E-state index contributed by atoms with van der Waals surface area (Å²) in [6.45, 7) is 0. The minimum absolute atomic E-state index is 0.0148. The van der Waals surface area contributed by atoms with Gasteiger partial charge in [0.15, 0.2) is 5.78 Å². The number of carboxylic acid groups (broad SMARTS) is 1. The van der Waals surface area contributed by atoms with Gasteiger partial charge in [0, 0.05) is 17.3 Å². The summed E-state index contributed by atoms with van der Waals surface area (Å²) in [5.74, 6) is -3.59. The van der Waals surface area contributed by atoms with Crippen LogP contribution < -0.4 is 4.72 Å². The Bertz CT molecular complexity index is 981. The number of nitrogens with one attached hydrogen (secondary N) is 1. The molecule has 0 bridgehead atoms. The summed E-state index contributed by atoms with van der Waals surface area (Å²) in [5.41, 5.74) is 0.0231. The normalized spacial score (nSPS) is 12.0. The van der Waals surface area contributed by atoms with Gasteiger partial charge >= 0.3 is 5.97 Å². The van der Waals surface area contributed by atoms with Crippen LogP contribution in [0.3, 0.4) is 0 Å². The molecule has 7 nitrogen and oxygen atoms in total. The molecule has 11 heteroatoms. The molecular weight excluding hydrogens is 413 g/mol. The van der Waals surface area contributed by atoms with Crippen LogP contribution in [0.2, 0.25) is 8.67 Å². The number of benzene rings is 1. The highest BCUT2D eigenvalue weighted by Crippen LogP contribution is 2.35. The zero-order valence-corrected chi connectivity index (χ0v) is 15.2. The molecule has 0 amide bonds. The number of sulfonamides is 1. The van der Waals surface area contributed by atoms with Crippen LogP contribution >= 0.6 is 34.5 Å². The Labute approximate surface area is 156 Å². The summed E-state index contributed by atoms with van der Waals surface area (Å²) in [6, 6.07) is 6.49. The number of halogens is 2. The van der Waals surface area contributed by atoms with E-state index < -0.39 is 27.5 Å². The second kappa shape index (κ2) is 7.44. The third kappa shape index (κ3) is 4.73. The van der Waals surface area contributed by atoms with E-state index >= 15 is 0 Å². The molecule has 0 aliphatic carbocycles. The third-order valence-electron chi connectivity index (χ3n) is 2.80. The highest BCUT2D eigenvalue weighted by atomic mass is 35.5. The van der Waals surface area contributed by atoms with Gasteiger partial charge in [0.05, 0.1) is 4.34 Å². The zero-order valence-electron chi connectivity index (χ0n) is 12.1. The Balaban J connectivity index is 2.30. The molecule has 132 valence electrons. The predicted octanol–water partition coefficient (Wildman–Crippen LogP) is 3.56. The van der Waals surface area contributed by atoms with Gasteiger partial charge in [-0.2, -0.15) is 0 Å². The maximum absolute atomic E-state index is 12.3. The van der Waals surface area contributed by atoms with Gasteiger partial charge in [0.2, 0.25) is 5.76 Å². The van der Waals surface area contributed by atoms with E-state index in [1.165, 1.54) is 30.3 Å². The molecule has 0 spiro atoms. The fourth-order valence-corrected chi connectivity index (χ4v) is 4.92. The molecule has 0 saturated heterocycles. The maximum atomic E-state index is 12.3. The lowest BCUT2D eigenvalue weighted by Gasteiger charge is -2.08. The van der Waals surface area contributed by atoms with Crippen LogP contribution in [-0.4, -0.2) is 30.4 Å². The molecule has 0 aliphatic heterocycles. The van der Waals surface area contributed by atoms with E-state index in [1.807, 2.05) is 0 Å². The van der Waals surface area contributed by atoms with Gasteiger partial charge in [-0.1, -0.05) is 35.3 Å². The highest BCUT2D eigenvalue weighted by molar-refractivity contribution is 7.93. The van der Waals surface area contributed by atoms with Crippen molar-refractivity contribution in [3.8, 4) is 0 Å². The van der Waals surface area contributed by atoms with Crippen molar-refractivity contribution in [3.63, 3.8) is 0 Å².